The van der Waals surface area contributed by atoms with E-state index in [0.29, 0.717) is 11.6 Å². The normalized spacial score (nSPS) is 13.4. The van der Waals surface area contributed by atoms with Crippen LogP contribution in [-0.2, 0) is 6.61 Å². The first-order chi connectivity index (χ1) is 4.36. The lowest BCUT2D eigenvalue weighted by Gasteiger charge is -1.92. The summed E-state index contributed by atoms with van der Waals surface area (Å²) in [4.78, 5) is 0. The Morgan fingerprint density at radius 1 is 1.44 bits per heavy atom. The van der Waals surface area contributed by atoms with E-state index in [0.717, 1.165) is 5.75 Å². The molecule has 1 aromatic carbocycles. The maximum Gasteiger partial charge on any atom is 0.138 e. The molecule has 1 aromatic rings. The topological polar surface area (TPSA) is 9.23 Å². The zero-order valence-electron chi connectivity index (χ0n) is 4.73. The smallest absolute Gasteiger partial charge is 0.138 e. The molecular formula is C7H5ClO. The quantitative estimate of drug-likeness (QED) is 0.537. The highest BCUT2D eigenvalue weighted by molar-refractivity contribution is 6.32. The molecular weight excluding hydrogens is 136 g/mol. The van der Waals surface area contributed by atoms with Crippen LogP contribution in [0.1, 0.15) is 5.56 Å². The molecule has 0 N–H and O–H groups in total. The van der Waals surface area contributed by atoms with Gasteiger partial charge in [-0.15, -0.1) is 0 Å². The molecule has 0 fully saturated rings. The molecule has 0 amide bonds. The predicted octanol–water partition coefficient (Wildman–Crippen LogP) is 2.23. The Bertz CT molecular complexity index is 245. The molecule has 0 aromatic heterocycles. The van der Waals surface area contributed by atoms with Gasteiger partial charge in [-0.3, -0.25) is 0 Å². The molecule has 2 heteroatoms. The molecule has 1 nitrogen and oxygen atoms in total. The summed E-state index contributed by atoms with van der Waals surface area (Å²) in [5, 5.41) is 0.705. The van der Waals surface area contributed by atoms with E-state index in [4.69, 9.17) is 16.3 Å². The van der Waals surface area contributed by atoms with Crippen LogP contribution in [0.15, 0.2) is 18.2 Å². The van der Waals surface area contributed by atoms with Crippen LogP contribution < -0.4 is 4.74 Å². The second-order valence-corrected chi connectivity index (χ2v) is 2.46. The molecule has 2 bridgehead atoms. The maximum atomic E-state index is 5.73. The van der Waals surface area contributed by atoms with Crippen LogP contribution >= 0.6 is 11.6 Å². The van der Waals surface area contributed by atoms with E-state index < -0.39 is 0 Å². The number of benzene rings is 1. The van der Waals surface area contributed by atoms with Crippen LogP contribution in [0.4, 0.5) is 0 Å². The van der Waals surface area contributed by atoms with Crippen molar-refractivity contribution in [2.45, 2.75) is 6.61 Å². The summed E-state index contributed by atoms with van der Waals surface area (Å²) in [5.41, 5.74) is 1.20. The number of rotatable bonds is 0. The van der Waals surface area contributed by atoms with E-state index in [1.165, 1.54) is 5.56 Å². The number of ether oxygens (including phenoxy) is 1. The second-order valence-electron chi connectivity index (χ2n) is 2.05. The summed E-state index contributed by atoms with van der Waals surface area (Å²) in [6.45, 7) is 0.683. The summed E-state index contributed by atoms with van der Waals surface area (Å²) in [6.07, 6.45) is 0. The molecule has 1 heterocycles. The third kappa shape index (κ3) is 0.688. The molecule has 0 spiro atoms. The summed E-state index contributed by atoms with van der Waals surface area (Å²) in [6, 6.07) is 5.79. The van der Waals surface area contributed by atoms with Gasteiger partial charge in [0.1, 0.15) is 12.4 Å². The van der Waals surface area contributed by atoms with Crippen LogP contribution in [0.2, 0.25) is 5.02 Å². The SMILES string of the molecule is Clc1ccc2cc1OC2. The van der Waals surface area contributed by atoms with Crippen LogP contribution in [0, 0.1) is 0 Å². The van der Waals surface area contributed by atoms with Crippen molar-refractivity contribution in [3.63, 3.8) is 0 Å². The largest absolute Gasteiger partial charge is 0.487 e. The summed E-state index contributed by atoms with van der Waals surface area (Å²) >= 11 is 5.73. The Hall–Kier alpha value is -0.690. The number of hydrogen-bond donors (Lipinski definition) is 0. The van der Waals surface area contributed by atoms with Gasteiger partial charge in [-0.05, 0) is 17.7 Å². The number of halogens is 1. The van der Waals surface area contributed by atoms with Gasteiger partial charge in [0.05, 0.1) is 5.02 Å². The zero-order chi connectivity index (χ0) is 6.27. The van der Waals surface area contributed by atoms with Gasteiger partial charge in [-0.1, -0.05) is 17.7 Å². The van der Waals surface area contributed by atoms with E-state index in [1.807, 2.05) is 18.2 Å². The summed E-state index contributed by atoms with van der Waals surface area (Å²) in [5.74, 6) is 0.814. The fourth-order valence-electron chi connectivity index (χ4n) is 0.909. The van der Waals surface area contributed by atoms with Crippen LogP contribution in [0.5, 0.6) is 5.75 Å². The highest BCUT2D eigenvalue weighted by Crippen LogP contribution is 2.30. The standard InChI is InChI=1S/C7H5ClO/c8-6-2-1-5-3-7(6)9-4-5/h1-3H,4H2. The molecule has 2 rings (SSSR count). The zero-order valence-corrected chi connectivity index (χ0v) is 5.48. The second kappa shape index (κ2) is 1.64. The lowest BCUT2D eigenvalue weighted by Crippen LogP contribution is -1.81. The highest BCUT2D eigenvalue weighted by atomic mass is 35.5. The van der Waals surface area contributed by atoms with Gasteiger partial charge in [0, 0.05) is 0 Å². The molecule has 0 unspecified atom stereocenters. The third-order valence-corrected chi connectivity index (χ3v) is 1.70. The van der Waals surface area contributed by atoms with Crippen LogP contribution in [0.25, 0.3) is 0 Å². The van der Waals surface area contributed by atoms with Gasteiger partial charge in [0.25, 0.3) is 0 Å². The van der Waals surface area contributed by atoms with Gasteiger partial charge >= 0.3 is 0 Å². The van der Waals surface area contributed by atoms with Gasteiger partial charge in [0.2, 0.25) is 0 Å². The molecule has 1 aliphatic heterocycles. The van der Waals surface area contributed by atoms with Gasteiger partial charge in [0.15, 0.2) is 0 Å². The van der Waals surface area contributed by atoms with Crippen molar-refractivity contribution in [2.24, 2.45) is 0 Å². The van der Waals surface area contributed by atoms with E-state index in [-0.39, 0.29) is 0 Å². The van der Waals surface area contributed by atoms with E-state index in [9.17, 15) is 0 Å². The molecule has 0 atom stereocenters. The van der Waals surface area contributed by atoms with E-state index in [1.54, 1.807) is 0 Å². The Morgan fingerprint density at radius 2 is 2.33 bits per heavy atom. The van der Waals surface area contributed by atoms with Crippen molar-refractivity contribution in [1.29, 1.82) is 0 Å². The molecule has 0 radical (unpaired) electrons. The minimum atomic E-state index is 0.683. The van der Waals surface area contributed by atoms with Gasteiger partial charge < -0.3 is 4.74 Å². The van der Waals surface area contributed by atoms with Crippen LogP contribution in [0.3, 0.4) is 0 Å². The number of hydrogen-bond acceptors (Lipinski definition) is 1. The number of fused-ring (bicyclic) bond motifs is 2. The van der Waals surface area contributed by atoms with Crippen molar-refractivity contribution >= 4 is 11.6 Å². The van der Waals surface area contributed by atoms with Crippen molar-refractivity contribution in [3.05, 3.63) is 28.8 Å². The summed E-state index contributed by atoms with van der Waals surface area (Å²) < 4.78 is 5.18. The lowest BCUT2D eigenvalue weighted by atomic mass is 10.2. The van der Waals surface area contributed by atoms with Gasteiger partial charge in [-0.25, -0.2) is 0 Å². The summed E-state index contributed by atoms with van der Waals surface area (Å²) in [7, 11) is 0. The molecule has 9 heavy (non-hydrogen) atoms. The molecule has 0 saturated heterocycles. The molecule has 1 aliphatic rings. The van der Waals surface area contributed by atoms with Crippen molar-refractivity contribution < 1.29 is 4.74 Å². The molecule has 46 valence electrons. The fraction of sp³-hybridized carbons (Fsp3) is 0.143. The first-order valence-corrected chi connectivity index (χ1v) is 3.15. The molecule has 0 saturated carbocycles. The average molecular weight is 141 g/mol. The fourth-order valence-corrected chi connectivity index (χ4v) is 1.08. The maximum absolute atomic E-state index is 5.73. The van der Waals surface area contributed by atoms with E-state index >= 15 is 0 Å². The monoisotopic (exact) mass is 140 g/mol. The first kappa shape index (κ1) is 5.12. The van der Waals surface area contributed by atoms with Crippen LogP contribution in [-0.4, -0.2) is 0 Å². The highest BCUT2D eigenvalue weighted by Gasteiger charge is 2.09. The van der Waals surface area contributed by atoms with Crippen molar-refractivity contribution in [3.8, 4) is 5.75 Å². The third-order valence-electron chi connectivity index (χ3n) is 1.39. The minimum Gasteiger partial charge on any atom is -0.487 e. The van der Waals surface area contributed by atoms with E-state index in [2.05, 4.69) is 0 Å². The molecule has 0 aliphatic carbocycles. The Labute approximate surface area is 58.2 Å². The Balaban J connectivity index is 2.65. The predicted molar refractivity (Wildman–Crippen MR) is 35.8 cm³/mol. The van der Waals surface area contributed by atoms with Crippen molar-refractivity contribution in [1.82, 2.24) is 0 Å². The average Bonchev–Trinajstić information content (AvgIpc) is 2.25. The lowest BCUT2D eigenvalue weighted by molar-refractivity contribution is 0.328. The first-order valence-electron chi connectivity index (χ1n) is 2.77. The Morgan fingerprint density at radius 3 is 3.11 bits per heavy atom. The Kier molecular flexibility index (Phi) is 0.935. The van der Waals surface area contributed by atoms with Crippen molar-refractivity contribution in [2.75, 3.05) is 0 Å². The van der Waals surface area contributed by atoms with Gasteiger partial charge in [-0.2, -0.15) is 0 Å². The minimum absolute atomic E-state index is 0.683.